The molecule has 4 rings (SSSR count). The minimum Gasteiger partial charge on any atom is -0.394 e. The van der Waals surface area contributed by atoms with Crippen molar-refractivity contribution in [1.82, 2.24) is 9.80 Å². The molecule has 0 unspecified atom stereocenters. The fourth-order valence-electron chi connectivity index (χ4n) is 3.94. The first kappa shape index (κ1) is 15.1. The van der Waals surface area contributed by atoms with Gasteiger partial charge in [-0.1, -0.05) is 28.1 Å². The lowest BCUT2D eigenvalue weighted by Gasteiger charge is -2.58. The highest BCUT2D eigenvalue weighted by Crippen LogP contribution is 2.44. The zero-order valence-electron chi connectivity index (χ0n) is 12.7. The first-order valence-corrected chi connectivity index (χ1v) is 8.85. The Morgan fingerprint density at radius 2 is 1.96 bits per heavy atom. The second-order valence-corrected chi connectivity index (χ2v) is 7.60. The predicted octanol–water partition coefficient (Wildman–Crippen LogP) is 1.36. The molecule has 1 N–H and O–H groups in total. The molecule has 5 nitrogen and oxygen atoms in total. The van der Waals surface area contributed by atoms with Crippen LogP contribution in [-0.4, -0.2) is 58.5 Å². The number of rotatable bonds is 3. The molecule has 2 amide bonds. The molecule has 0 aromatic heterocycles. The van der Waals surface area contributed by atoms with Crippen LogP contribution < -0.4 is 0 Å². The average molecular weight is 379 g/mol. The molecule has 2 aliphatic heterocycles. The molecule has 1 aromatic rings. The molecule has 2 heterocycles. The van der Waals surface area contributed by atoms with Gasteiger partial charge in [0.25, 0.3) is 0 Å². The minimum absolute atomic E-state index is 0.0164. The van der Waals surface area contributed by atoms with E-state index in [9.17, 15) is 14.7 Å². The van der Waals surface area contributed by atoms with E-state index in [1.807, 2.05) is 24.3 Å². The summed E-state index contributed by atoms with van der Waals surface area (Å²) in [6, 6.07) is 7.82. The Kier molecular flexibility index (Phi) is 3.69. The van der Waals surface area contributed by atoms with Crippen LogP contribution >= 0.6 is 15.9 Å². The van der Waals surface area contributed by atoms with Crippen molar-refractivity contribution < 1.29 is 14.7 Å². The first-order valence-electron chi connectivity index (χ1n) is 8.06. The van der Waals surface area contributed by atoms with E-state index in [1.54, 1.807) is 9.80 Å². The molecular weight excluding hydrogens is 360 g/mol. The molecule has 3 atom stereocenters. The van der Waals surface area contributed by atoms with Gasteiger partial charge in [0.1, 0.15) is 0 Å². The molecule has 6 heteroatoms. The minimum atomic E-state index is -0.174. The van der Waals surface area contributed by atoms with E-state index < -0.39 is 0 Å². The van der Waals surface area contributed by atoms with Gasteiger partial charge in [-0.25, -0.2) is 0 Å². The van der Waals surface area contributed by atoms with Gasteiger partial charge in [0, 0.05) is 22.9 Å². The molecule has 3 aliphatic rings. The number of amides is 2. The zero-order valence-corrected chi connectivity index (χ0v) is 14.3. The first-order chi connectivity index (χ1) is 11.1. The third-order valence-electron chi connectivity index (χ3n) is 5.25. The van der Waals surface area contributed by atoms with Crippen LogP contribution in [0, 0.1) is 5.92 Å². The maximum atomic E-state index is 12.4. The number of hydrogen-bond donors (Lipinski definition) is 1. The average Bonchev–Trinajstić information content (AvgIpc) is 3.35. The van der Waals surface area contributed by atoms with Crippen molar-refractivity contribution in [3.63, 3.8) is 0 Å². The number of aliphatic hydroxyl groups excluding tert-OH is 1. The molecule has 122 valence electrons. The third-order valence-corrected chi connectivity index (χ3v) is 5.77. The standard InChI is InChI=1S/C17H19BrN2O3/c18-12-5-3-10(4-6-12)16-13-7-19(17(23)11-1-2-11)8-15(22)20(13)14(16)9-21/h3-6,11,13-14,16,21H,1-2,7-9H2/t13-,14+,16-/m1/s1. The van der Waals surface area contributed by atoms with Gasteiger partial charge in [0.05, 0.1) is 25.2 Å². The number of halogens is 1. The van der Waals surface area contributed by atoms with Crippen molar-refractivity contribution >= 4 is 27.7 Å². The molecule has 1 aromatic carbocycles. The molecule has 2 saturated heterocycles. The molecule has 3 fully saturated rings. The number of carbonyl (C=O) groups is 2. The number of fused-ring (bicyclic) bond motifs is 1. The van der Waals surface area contributed by atoms with Gasteiger partial charge in [-0.05, 0) is 30.5 Å². The highest BCUT2D eigenvalue weighted by Gasteiger charge is 2.55. The van der Waals surface area contributed by atoms with E-state index in [0.717, 1.165) is 22.9 Å². The van der Waals surface area contributed by atoms with E-state index in [0.29, 0.717) is 6.54 Å². The summed E-state index contributed by atoms with van der Waals surface area (Å²) in [6.07, 6.45) is 1.90. The van der Waals surface area contributed by atoms with E-state index >= 15 is 0 Å². The predicted molar refractivity (Wildman–Crippen MR) is 87.7 cm³/mol. The molecule has 0 spiro atoms. The maximum Gasteiger partial charge on any atom is 0.242 e. The van der Waals surface area contributed by atoms with Crippen molar-refractivity contribution in [1.29, 1.82) is 0 Å². The number of benzene rings is 1. The van der Waals surface area contributed by atoms with Crippen molar-refractivity contribution in [2.75, 3.05) is 19.7 Å². The summed E-state index contributed by atoms with van der Waals surface area (Å²) in [5.74, 6) is 0.309. The number of piperazine rings is 1. The molecular formula is C17H19BrN2O3. The summed E-state index contributed by atoms with van der Waals surface area (Å²) in [7, 11) is 0. The number of aliphatic hydroxyl groups is 1. The van der Waals surface area contributed by atoms with Crippen molar-refractivity contribution in [3.8, 4) is 0 Å². The smallest absolute Gasteiger partial charge is 0.242 e. The van der Waals surface area contributed by atoms with E-state index in [1.165, 1.54) is 0 Å². The number of nitrogens with zero attached hydrogens (tertiary/aromatic N) is 2. The van der Waals surface area contributed by atoms with Gasteiger partial charge < -0.3 is 14.9 Å². The summed E-state index contributed by atoms with van der Waals surface area (Å²) < 4.78 is 1.00. The number of hydrogen-bond acceptors (Lipinski definition) is 3. The topological polar surface area (TPSA) is 60.9 Å². The van der Waals surface area contributed by atoms with E-state index in [2.05, 4.69) is 15.9 Å². The Morgan fingerprint density at radius 3 is 2.57 bits per heavy atom. The van der Waals surface area contributed by atoms with Crippen LogP contribution in [0.1, 0.15) is 24.3 Å². The van der Waals surface area contributed by atoms with Crippen LogP contribution in [0.15, 0.2) is 28.7 Å². The van der Waals surface area contributed by atoms with Crippen LogP contribution in [0.4, 0.5) is 0 Å². The maximum absolute atomic E-state index is 12.4. The summed E-state index contributed by atoms with van der Waals surface area (Å²) >= 11 is 3.43. The largest absolute Gasteiger partial charge is 0.394 e. The van der Waals surface area contributed by atoms with E-state index in [-0.39, 0.29) is 48.9 Å². The van der Waals surface area contributed by atoms with Gasteiger partial charge >= 0.3 is 0 Å². The van der Waals surface area contributed by atoms with Crippen molar-refractivity contribution in [2.45, 2.75) is 30.8 Å². The van der Waals surface area contributed by atoms with Crippen molar-refractivity contribution in [2.24, 2.45) is 5.92 Å². The molecule has 23 heavy (non-hydrogen) atoms. The Bertz CT molecular complexity index is 644. The lowest BCUT2D eigenvalue weighted by Crippen LogP contribution is -2.73. The quantitative estimate of drug-likeness (QED) is 0.863. The highest BCUT2D eigenvalue weighted by atomic mass is 79.9. The van der Waals surface area contributed by atoms with E-state index in [4.69, 9.17) is 0 Å². The van der Waals surface area contributed by atoms with Crippen LogP contribution in [0.5, 0.6) is 0 Å². The Hall–Kier alpha value is -1.40. The monoisotopic (exact) mass is 378 g/mol. The molecule has 0 bridgehead atoms. The zero-order chi connectivity index (χ0) is 16.1. The van der Waals surface area contributed by atoms with Crippen LogP contribution in [0.3, 0.4) is 0 Å². The third kappa shape index (κ3) is 2.48. The fourth-order valence-corrected chi connectivity index (χ4v) is 4.21. The lowest BCUT2D eigenvalue weighted by molar-refractivity contribution is -0.167. The van der Waals surface area contributed by atoms with Gasteiger partial charge in [-0.3, -0.25) is 9.59 Å². The Balaban J connectivity index is 1.58. The highest BCUT2D eigenvalue weighted by molar-refractivity contribution is 9.10. The van der Waals surface area contributed by atoms with Gasteiger partial charge in [0.2, 0.25) is 11.8 Å². The molecule has 0 radical (unpaired) electrons. The lowest BCUT2D eigenvalue weighted by atomic mass is 9.73. The molecule has 1 saturated carbocycles. The summed E-state index contributed by atoms with van der Waals surface area (Å²) in [5, 5.41) is 9.72. The SMILES string of the molecule is O=C(C1CC1)N1CC(=O)N2[C@H](C1)[C@@H](c1ccc(Br)cc1)[C@@H]2CO. The van der Waals surface area contributed by atoms with Gasteiger partial charge in [-0.2, -0.15) is 0 Å². The summed E-state index contributed by atoms with van der Waals surface area (Å²) in [4.78, 5) is 28.3. The second kappa shape index (κ2) is 5.60. The van der Waals surface area contributed by atoms with Crippen LogP contribution in [-0.2, 0) is 9.59 Å². The Labute approximate surface area is 143 Å². The summed E-state index contributed by atoms with van der Waals surface area (Å²) in [5.41, 5.74) is 1.11. The van der Waals surface area contributed by atoms with Crippen molar-refractivity contribution in [3.05, 3.63) is 34.3 Å². The number of carbonyl (C=O) groups excluding carboxylic acids is 2. The molecule has 1 aliphatic carbocycles. The van der Waals surface area contributed by atoms with Crippen LogP contribution in [0.2, 0.25) is 0 Å². The normalized spacial score (nSPS) is 30.0. The van der Waals surface area contributed by atoms with Gasteiger partial charge in [0.15, 0.2) is 0 Å². The van der Waals surface area contributed by atoms with Crippen LogP contribution in [0.25, 0.3) is 0 Å². The fraction of sp³-hybridized carbons (Fsp3) is 0.529. The second-order valence-electron chi connectivity index (χ2n) is 6.69. The Morgan fingerprint density at radius 1 is 1.26 bits per heavy atom. The van der Waals surface area contributed by atoms with Gasteiger partial charge in [-0.15, -0.1) is 0 Å². The summed E-state index contributed by atoms with van der Waals surface area (Å²) in [6.45, 7) is 0.702.